The van der Waals surface area contributed by atoms with Gasteiger partial charge in [0.15, 0.2) is 0 Å². The highest BCUT2D eigenvalue weighted by molar-refractivity contribution is 7.90. The molecule has 0 bridgehead atoms. The minimum Gasteiger partial charge on any atom is -0.478 e. The van der Waals surface area contributed by atoms with Crippen molar-refractivity contribution in [3.8, 4) is 11.3 Å². The van der Waals surface area contributed by atoms with E-state index in [1.807, 2.05) is 31.2 Å². The average molecular weight is 420 g/mol. The number of nitrogens with zero attached hydrogens (tertiary/aromatic N) is 2. The highest BCUT2D eigenvalue weighted by Gasteiger charge is 2.27. The van der Waals surface area contributed by atoms with Crippen molar-refractivity contribution >= 4 is 26.8 Å². The van der Waals surface area contributed by atoms with Gasteiger partial charge in [0.05, 0.1) is 22.3 Å². The second-order valence-electron chi connectivity index (χ2n) is 7.29. The van der Waals surface area contributed by atoms with E-state index in [1.165, 1.54) is 18.3 Å². The van der Waals surface area contributed by atoms with Crippen molar-refractivity contribution < 1.29 is 18.3 Å². The molecule has 0 aliphatic carbocycles. The molecule has 4 aromatic rings. The molecular weight excluding hydrogens is 400 g/mol. The lowest BCUT2D eigenvalue weighted by Gasteiger charge is -2.15. The Balaban J connectivity index is 2.05. The molecule has 0 aliphatic rings. The van der Waals surface area contributed by atoms with Crippen molar-refractivity contribution in [1.82, 2.24) is 9.19 Å². The first kappa shape index (κ1) is 19.8. The molecular formula is C23H20N2O4S. The molecule has 0 saturated heterocycles. The zero-order chi connectivity index (χ0) is 21.6. The van der Waals surface area contributed by atoms with Gasteiger partial charge >= 0.3 is 5.97 Å². The molecule has 0 atom stereocenters. The summed E-state index contributed by atoms with van der Waals surface area (Å²) in [4.78, 5) is 12.3. The van der Waals surface area contributed by atoms with Gasteiger partial charge in [-0.1, -0.05) is 42.0 Å². The number of aryl methyl sites for hydroxylation is 3. The lowest BCUT2D eigenvalue weighted by molar-refractivity contribution is 0.0697. The van der Waals surface area contributed by atoms with Crippen LogP contribution in [0.4, 0.5) is 0 Å². The molecule has 6 nitrogen and oxygen atoms in total. The number of rotatable bonds is 4. The molecule has 152 valence electrons. The van der Waals surface area contributed by atoms with Gasteiger partial charge in [-0.25, -0.2) is 4.79 Å². The van der Waals surface area contributed by atoms with Gasteiger partial charge in [-0.15, -0.1) is 0 Å². The van der Waals surface area contributed by atoms with Gasteiger partial charge in [0.25, 0.3) is 10.0 Å². The van der Waals surface area contributed by atoms with Crippen molar-refractivity contribution in [2.24, 2.45) is 0 Å². The number of hydrogen-bond donors (Lipinski definition) is 1. The lowest BCUT2D eigenvalue weighted by Crippen LogP contribution is -2.17. The maximum Gasteiger partial charge on any atom is 0.336 e. The van der Waals surface area contributed by atoms with E-state index < -0.39 is 16.0 Å². The first-order valence-electron chi connectivity index (χ1n) is 9.34. The van der Waals surface area contributed by atoms with Crippen LogP contribution in [0.1, 0.15) is 27.0 Å². The largest absolute Gasteiger partial charge is 0.478 e. The average Bonchev–Trinajstić information content (AvgIpc) is 3.10. The van der Waals surface area contributed by atoms with Gasteiger partial charge in [0.1, 0.15) is 0 Å². The fraction of sp³-hybridized carbons (Fsp3) is 0.130. The second-order valence-corrected chi connectivity index (χ2v) is 9.06. The molecule has 0 aliphatic heterocycles. The van der Waals surface area contributed by atoms with Crippen LogP contribution in [0.25, 0.3) is 22.0 Å². The van der Waals surface area contributed by atoms with E-state index in [0.29, 0.717) is 16.7 Å². The molecule has 4 rings (SSSR count). The zero-order valence-electron chi connectivity index (χ0n) is 16.7. The molecule has 3 aromatic carbocycles. The van der Waals surface area contributed by atoms with Gasteiger partial charge in [0, 0.05) is 5.56 Å². The summed E-state index contributed by atoms with van der Waals surface area (Å²) in [5.41, 5.74) is 2.73. The summed E-state index contributed by atoms with van der Waals surface area (Å²) in [5, 5.41) is 15.7. The summed E-state index contributed by atoms with van der Waals surface area (Å²) in [6.45, 7) is 5.33. The molecule has 0 amide bonds. The molecule has 0 spiro atoms. The SMILES string of the molecule is Cc1ccc(S(=O)(=O)n2ncc(C)c2-c2cc3ccccc3c(C)c2C(=O)O)cc1. The summed E-state index contributed by atoms with van der Waals surface area (Å²) < 4.78 is 27.6. The van der Waals surface area contributed by atoms with Crippen LogP contribution in [0, 0.1) is 20.8 Å². The molecule has 0 radical (unpaired) electrons. The number of carboxylic acids is 1. The Morgan fingerprint density at radius 1 is 1.00 bits per heavy atom. The third-order valence-electron chi connectivity index (χ3n) is 5.25. The van der Waals surface area contributed by atoms with Gasteiger partial charge < -0.3 is 5.11 Å². The molecule has 30 heavy (non-hydrogen) atoms. The van der Waals surface area contributed by atoms with Crippen molar-refractivity contribution in [3.05, 3.63) is 83.0 Å². The zero-order valence-corrected chi connectivity index (χ0v) is 17.6. The molecule has 0 fully saturated rings. The fourth-order valence-corrected chi connectivity index (χ4v) is 5.04. The monoisotopic (exact) mass is 420 g/mol. The Morgan fingerprint density at radius 3 is 2.33 bits per heavy atom. The summed E-state index contributed by atoms with van der Waals surface area (Å²) in [5.74, 6) is -1.12. The second kappa shape index (κ2) is 7.11. The third-order valence-corrected chi connectivity index (χ3v) is 6.85. The molecule has 1 N–H and O–H groups in total. The number of fused-ring (bicyclic) bond motifs is 1. The van der Waals surface area contributed by atoms with E-state index in [2.05, 4.69) is 5.10 Å². The van der Waals surface area contributed by atoms with Crippen molar-refractivity contribution in [3.63, 3.8) is 0 Å². The number of benzene rings is 3. The van der Waals surface area contributed by atoms with Crippen LogP contribution < -0.4 is 0 Å². The van der Waals surface area contributed by atoms with E-state index in [0.717, 1.165) is 20.4 Å². The molecule has 0 unspecified atom stereocenters. The van der Waals surface area contributed by atoms with Crippen LogP contribution in [0.5, 0.6) is 0 Å². The Hall–Kier alpha value is -3.45. The van der Waals surface area contributed by atoms with Crippen LogP contribution in [-0.2, 0) is 10.0 Å². The maximum atomic E-state index is 13.3. The van der Waals surface area contributed by atoms with Crippen molar-refractivity contribution in [2.75, 3.05) is 0 Å². The quantitative estimate of drug-likeness (QED) is 0.523. The highest BCUT2D eigenvalue weighted by Crippen LogP contribution is 2.35. The predicted molar refractivity (Wildman–Crippen MR) is 115 cm³/mol. The minimum absolute atomic E-state index is 0.0673. The van der Waals surface area contributed by atoms with Crippen molar-refractivity contribution in [1.29, 1.82) is 0 Å². The number of carbonyl (C=O) groups is 1. The Labute approximate surface area is 174 Å². The number of hydrogen-bond acceptors (Lipinski definition) is 4. The molecule has 7 heteroatoms. The number of carboxylic acid groups (broad SMARTS) is 1. The van der Waals surface area contributed by atoms with E-state index >= 15 is 0 Å². The maximum absolute atomic E-state index is 13.3. The highest BCUT2D eigenvalue weighted by atomic mass is 32.2. The third kappa shape index (κ3) is 3.07. The smallest absolute Gasteiger partial charge is 0.336 e. The van der Waals surface area contributed by atoms with E-state index in [4.69, 9.17) is 0 Å². The topological polar surface area (TPSA) is 89.3 Å². The number of aromatic nitrogens is 2. The van der Waals surface area contributed by atoms with Gasteiger partial charge in [-0.3, -0.25) is 0 Å². The van der Waals surface area contributed by atoms with Gasteiger partial charge in [0.2, 0.25) is 0 Å². The standard InChI is InChI=1S/C23H20N2O4S/c1-14-8-10-18(11-9-14)30(28,29)25-22(15(2)13-24-25)20-12-17-6-4-5-7-19(17)16(3)21(20)23(26)27/h4-13H,1-3H3,(H,26,27). The fourth-order valence-electron chi connectivity index (χ4n) is 3.71. The first-order chi connectivity index (χ1) is 14.2. The van der Waals surface area contributed by atoms with E-state index in [1.54, 1.807) is 32.0 Å². The Bertz CT molecular complexity index is 1400. The van der Waals surface area contributed by atoms with Crippen LogP contribution in [-0.4, -0.2) is 28.7 Å². The summed E-state index contributed by atoms with van der Waals surface area (Å²) in [6.07, 6.45) is 1.44. The van der Waals surface area contributed by atoms with Gasteiger partial charge in [-0.05, 0) is 60.9 Å². The minimum atomic E-state index is -4.01. The molecule has 0 saturated carbocycles. The predicted octanol–water partition coefficient (Wildman–Crippen LogP) is 4.56. The van der Waals surface area contributed by atoms with Gasteiger partial charge in [-0.2, -0.15) is 17.6 Å². The normalized spacial score (nSPS) is 11.7. The summed E-state index contributed by atoms with van der Waals surface area (Å²) in [6, 6.07) is 15.6. The number of aromatic carboxylic acids is 1. The Kier molecular flexibility index (Phi) is 4.70. The van der Waals surface area contributed by atoms with E-state index in [-0.39, 0.29) is 16.2 Å². The summed E-state index contributed by atoms with van der Waals surface area (Å²) in [7, 11) is -4.01. The van der Waals surface area contributed by atoms with Crippen LogP contribution in [0.2, 0.25) is 0 Å². The molecule has 1 heterocycles. The van der Waals surface area contributed by atoms with E-state index in [9.17, 15) is 18.3 Å². The van der Waals surface area contributed by atoms with Crippen LogP contribution in [0.15, 0.2) is 65.7 Å². The summed E-state index contributed by atoms with van der Waals surface area (Å²) >= 11 is 0. The van der Waals surface area contributed by atoms with Crippen LogP contribution >= 0.6 is 0 Å². The molecule has 1 aromatic heterocycles. The lowest BCUT2D eigenvalue weighted by atomic mass is 9.92. The van der Waals surface area contributed by atoms with Crippen molar-refractivity contribution in [2.45, 2.75) is 25.7 Å². The Morgan fingerprint density at radius 2 is 1.67 bits per heavy atom. The van der Waals surface area contributed by atoms with Crippen LogP contribution in [0.3, 0.4) is 0 Å². The first-order valence-corrected chi connectivity index (χ1v) is 10.8.